The molecular weight excluding hydrogens is 285 g/mol. The van der Waals surface area contributed by atoms with Crippen molar-refractivity contribution in [1.82, 2.24) is 0 Å². The summed E-state index contributed by atoms with van der Waals surface area (Å²) in [6.07, 6.45) is -4.36. The zero-order chi connectivity index (χ0) is 15.5. The number of hydrogen-bond donors (Lipinski definition) is 1. The van der Waals surface area contributed by atoms with E-state index in [0.717, 1.165) is 17.9 Å². The first-order valence-corrected chi connectivity index (χ1v) is 6.37. The Morgan fingerprint density at radius 2 is 1.81 bits per heavy atom. The van der Waals surface area contributed by atoms with Crippen molar-refractivity contribution in [2.45, 2.75) is 19.0 Å². The van der Waals surface area contributed by atoms with Gasteiger partial charge in [-0.2, -0.15) is 13.2 Å². The first-order chi connectivity index (χ1) is 9.90. The quantitative estimate of drug-likeness (QED) is 0.914. The topological polar surface area (TPSA) is 42.6 Å². The molecule has 1 unspecified atom stereocenters. The summed E-state index contributed by atoms with van der Waals surface area (Å²) >= 11 is 0. The van der Waals surface area contributed by atoms with Gasteiger partial charge in [0, 0.05) is 0 Å². The lowest BCUT2D eigenvalue weighted by Gasteiger charge is -2.14. The number of alkyl halides is 3. The molecule has 1 atom stereocenters. The van der Waals surface area contributed by atoms with Gasteiger partial charge >= 0.3 is 6.18 Å². The smallest absolute Gasteiger partial charge is 0.416 e. The highest BCUT2D eigenvalue weighted by Crippen LogP contribution is 2.30. The van der Waals surface area contributed by atoms with Crippen LogP contribution in [0.3, 0.4) is 0 Å². The van der Waals surface area contributed by atoms with Crippen molar-refractivity contribution in [2.75, 3.05) is 13.2 Å². The SMILES string of the molecule is Cc1ccc(C(CO)COc2ccc(C(F)(F)F)cc2)o1. The first-order valence-electron chi connectivity index (χ1n) is 6.37. The van der Waals surface area contributed by atoms with Gasteiger partial charge in [-0.25, -0.2) is 0 Å². The van der Waals surface area contributed by atoms with Crippen LogP contribution >= 0.6 is 0 Å². The van der Waals surface area contributed by atoms with Gasteiger partial charge in [-0.05, 0) is 43.3 Å². The van der Waals surface area contributed by atoms with Crippen molar-refractivity contribution in [2.24, 2.45) is 0 Å². The van der Waals surface area contributed by atoms with Crippen LogP contribution in [-0.2, 0) is 6.18 Å². The second kappa shape index (κ2) is 6.22. The lowest BCUT2D eigenvalue weighted by molar-refractivity contribution is -0.137. The fraction of sp³-hybridized carbons (Fsp3) is 0.333. The third kappa shape index (κ3) is 4.01. The molecule has 2 rings (SSSR count). The van der Waals surface area contributed by atoms with E-state index >= 15 is 0 Å². The fourth-order valence-electron chi connectivity index (χ4n) is 1.83. The van der Waals surface area contributed by atoms with E-state index in [1.807, 2.05) is 0 Å². The molecule has 0 aliphatic heterocycles. The second-order valence-electron chi connectivity index (χ2n) is 4.66. The summed E-state index contributed by atoms with van der Waals surface area (Å²) in [5, 5.41) is 9.33. The minimum Gasteiger partial charge on any atom is -0.493 e. The number of halogens is 3. The summed E-state index contributed by atoms with van der Waals surface area (Å²) in [6, 6.07) is 7.94. The molecular formula is C15H15F3O3. The minimum absolute atomic E-state index is 0.120. The number of ether oxygens (including phenoxy) is 1. The monoisotopic (exact) mass is 300 g/mol. The van der Waals surface area contributed by atoms with Gasteiger partial charge in [0.05, 0.1) is 18.1 Å². The Labute approximate surface area is 120 Å². The number of aliphatic hydroxyl groups excluding tert-OH is 1. The van der Waals surface area contributed by atoms with Crippen LogP contribution in [0.1, 0.15) is 23.0 Å². The number of aryl methyl sites for hydroxylation is 1. The Bertz CT molecular complexity index is 573. The Morgan fingerprint density at radius 3 is 2.29 bits per heavy atom. The molecule has 0 aliphatic carbocycles. The number of furan rings is 1. The van der Waals surface area contributed by atoms with Crippen LogP contribution in [0.2, 0.25) is 0 Å². The summed E-state index contributed by atoms with van der Waals surface area (Å²) in [4.78, 5) is 0. The van der Waals surface area contributed by atoms with Crippen LogP contribution in [0.5, 0.6) is 5.75 Å². The lowest BCUT2D eigenvalue weighted by Crippen LogP contribution is -2.13. The molecule has 1 aromatic carbocycles. The molecule has 2 aromatic rings. The Balaban J connectivity index is 1.98. The molecule has 6 heteroatoms. The van der Waals surface area contributed by atoms with Gasteiger partial charge in [0.1, 0.15) is 23.9 Å². The van der Waals surface area contributed by atoms with Crippen molar-refractivity contribution in [3.63, 3.8) is 0 Å². The van der Waals surface area contributed by atoms with Gasteiger partial charge < -0.3 is 14.3 Å². The molecule has 3 nitrogen and oxygen atoms in total. The summed E-state index contributed by atoms with van der Waals surface area (Å²) in [6.45, 7) is 1.73. The van der Waals surface area contributed by atoms with Crippen LogP contribution in [0.15, 0.2) is 40.8 Å². The van der Waals surface area contributed by atoms with Crippen molar-refractivity contribution in [1.29, 1.82) is 0 Å². The van der Waals surface area contributed by atoms with Crippen LogP contribution < -0.4 is 4.74 Å². The van der Waals surface area contributed by atoms with Gasteiger partial charge in [-0.15, -0.1) is 0 Å². The molecule has 1 heterocycles. The average molecular weight is 300 g/mol. The molecule has 1 aromatic heterocycles. The van der Waals surface area contributed by atoms with E-state index in [9.17, 15) is 18.3 Å². The van der Waals surface area contributed by atoms with Gasteiger partial charge in [0.15, 0.2) is 0 Å². The first kappa shape index (κ1) is 15.4. The van der Waals surface area contributed by atoms with E-state index in [-0.39, 0.29) is 19.1 Å². The van der Waals surface area contributed by atoms with E-state index in [0.29, 0.717) is 11.5 Å². The Morgan fingerprint density at radius 1 is 1.14 bits per heavy atom. The molecule has 0 amide bonds. The van der Waals surface area contributed by atoms with E-state index in [2.05, 4.69) is 0 Å². The van der Waals surface area contributed by atoms with E-state index in [1.165, 1.54) is 12.1 Å². The van der Waals surface area contributed by atoms with Gasteiger partial charge in [-0.3, -0.25) is 0 Å². The summed E-state index contributed by atoms with van der Waals surface area (Å²) in [7, 11) is 0. The maximum Gasteiger partial charge on any atom is 0.416 e. The van der Waals surface area contributed by atoms with Gasteiger partial charge in [0.2, 0.25) is 0 Å². The van der Waals surface area contributed by atoms with Crippen LogP contribution in [0.4, 0.5) is 13.2 Å². The van der Waals surface area contributed by atoms with Gasteiger partial charge in [-0.1, -0.05) is 0 Å². The predicted octanol–water partition coefficient (Wildman–Crippen LogP) is 3.76. The van der Waals surface area contributed by atoms with Crippen LogP contribution in [0, 0.1) is 6.92 Å². The summed E-state index contributed by atoms with van der Waals surface area (Å²) in [5.41, 5.74) is -0.727. The molecule has 0 saturated heterocycles. The largest absolute Gasteiger partial charge is 0.493 e. The highest BCUT2D eigenvalue weighted by Gasteiger charge is 2.30. The number of benzene rings is 1. The normalized spacial score (nSPS) is 13.2. The summed E-state index contributed by atoms with van der Waals surface area (Å²) < 4.78 is 48.1. The van der Waals surface area contributed by atoms with Crippen LogP contribution in [-0.4, -0.2) is 18.3 Å². The minimum atomic E-state index is -4.36. The molecule has 0 radical (unpaired) electrons. The molecule has 0 saturated carbocycles. The second-order valence-corrected chi connectivity index (χ2v) is 4.66. The van der Waals surface area contributed by atoms with Crippen molar-refractivity contribution < 1.29 is 27.4 Å². The average Bonchev–Trinajstić information content (AvgIpc) is 2.86. The zero-order valence-electron chi connectivity index (χ0n) is 11.4. The van der Waals surface area contributed by atoms with Crippen LogP contribution in [0.25, 0.3) is 0 Å². The third-order valence-electron chi connectivity index (χ3n) is 3.02. The zero-order valence-corrected chi connectivity index (χ0v) is 11.4. The molecule has 114 valence electrons. The standard InChI is InChI=1S/C15H15F3O3/c1-10-2-7-14(21-10)11(8-19)9-20-13-5-3-12(4-6-13)15(16,17)18/h2-7,11,19H,8-9H2,1H3. The molecule has 0 bridgehead atoms. The predicted molar refractivity (Wildman–Crippen MR) is 70.2 cm³/mol. The fourth-order valence-corrected chi connectivity index (χ4v) is 1.83. The molecule has 0 fully saturated rings. The van der Waals surface area contributed by atoms with E-state index in [1.54, 1.807) is 19.1 Å². The molecule has 1 N–H and O–H groups in total. The number of rotatable bonds is 5. The molecule has 0 aliphatic rings. The van der Waals surface area contributed by atoms with E-state index in [4.69, 9.17) is 9.15 Å². The summed E-state index contributed by atoms with van der Waals surface area (Å²) in [5.74, 6) is 1.26. The highest BCUT2D eigenvalue weighted by molar-refractivity contribution is 5.29. The number of hydrogen-bond acceptors (Lipinski definition) is 3. The third-order valence-corrected chi connectivity index (χ3v) is 3.02. The van der Waals surface area contributed by atoms with Gasteiger partial charge in [0.25, 0.3) is 0 Å². The maximum atomic E-state index is 12.4. The Hall–Kier alpha value is -1.95. The van der Waals surface area contributed by atoms with Crippen molar-refractivity contribution in [3.8, 4) is 5.75 Å². The van der Waals surface area contributed by atoms with Crippen molar-refractivity contribution >= 4 is 0 Å². The van der Waals surface area contributed by atoms with Crippen molar-refractivity contribution in [3.05, 3.63) is 53.5 Å². The van der Waals surface area contributed by atoms with E-state index < -0.39 is 11.7 Å². The highest BCUT2D eigenvalue weighted by atomic mass is 19.4. The molecule has 21 heavy (non-hydrogen) atoms. The lowest BCUT2D eigenvalue weighted by atomic mass is 10.1. The number of aliphatic hydroxyl groups is 1. The maximum absolute atomic E-state index is 12.4. The molecule has 0 spiro atoms. The Kier molecular flexibility index (Phi) is 4.57.